The molecule has 2 aromatic heterocycles. The fraction of sp³-hybridized carbons (Fsp3) is 0.130. The van der Waals surface area contributed by atoms with Crippen molar-refractivity contribution in [1.82, 2.24) is 15.1 Å². The van der Waals surface area contributed by atoms with Gasteiger partial charge in [0.25, 0.3) is 0 Å². The fourth-order valence-electron chi connectivity index (χ4n) is 3.01. The molecule has 0 aliphatic rings. The smallest absolute Gasteiger partial charge is 0.323 e. The first-order valence-corrected chi connectivity index (χ1v) is 9.54. The van der Waals surface area contributed by atoms with Gasteiger partial charge in [-0.15, -0.1) is 0 Å². The lowest BCUT2D eigenvalue weighted by Gasteiger charge is -2.12. The number of pyridine rings is 1. The average Bonchev–Trinajstić information content (AvgIpc) is 3.21. The molecular formula is C23H21N5O2. The number of hydrogen-bond donors (Lipinski definition) is 2. The number of para-hydroxylation sites is 1. The second-order valence-corrected chi connectivity index (χ2v) is 6.96. The van der Waals surface area contributed by atoms with Gasteiger partial charge in [0.15, 0.2) is 0 Å². The molecule has 4 rings (SSSR count). The van der Waals surface area contributed by atoms with Crippen LogP contribution in [0.5, 0.6) is 0 Å². The Hall–Kier alpha value is -4.00. The summed E-state index contributed by atoms with van der Waals surface area (Å²) in [7, 11) is 0. The van der Waals surface area contributed by atoms with Crippen molar-refractivity contribution in [3.8, 4) is 11.4 Å². The summed E-state index contributed by atoms with van der Waals surface area (Å²) in [5, 5.41) is 9.80. The molecule has 2 N–H and O–H groups in total. The lowest BCUT2D eigenvalue weighted by Crippen LogP contribution is -2.20. The molecule has 0 aliphatic heterocycles. The molecule has 0 fully saturated rings. The third-order valence-corrected chi connectivity index (χ3v) is 4.78. The van der Waals surface area contributed by atoms with Crippen molar-refractivity contribution in [1.29, 1.82) is 0 Å². The van der Waals surface area contributed by atoms with E-state index in [1.165, 1.54) is 5.56 Å². The zero-order valence-electron chi connectivity index (χ0n) is 16.7. The highest BCUT2D eigenvalue weighted by molar-refractivity contribution is 6.00. The number of amides is 2. The molecule has 0 saturated carbocycles. The number of anilines is 2. The summed E-state index contributed by atoms with van der Waals surface area (Å²) in [4.78, 5) is 20.9. The summed E-state index contributed by atoms with van der Waals surface area (Å²) >= 11 is 0. The highest BCUT2D eigenvalue weighted by Gasteiger charge is 2.13. The van der Waals surface area contributed by atoms with Gasteiger partial charge in [-0.05, 0) is 60.9 Å². The average molecular weight is 399 g/mol. The van der Waals surface area contributed by atoms with E-state index in [9.17, 15) is 4.79 Å². The number of nitrogens with one attached hydrogen (secondary N) is 2. The maximum atomic E-state index is 12.5. The van der Waals surface area contributed by atoms with Gasteiger partial charge in [0.05, 0.1) is 6.42 Å². The highest BCUT2D eigenvalue weighted by atomic mass is 16.5. The molecule has 2 heterocycles. The van der Waals surface area contributed by atoms with Gasteiger partial charge in [-0.1, -0.05) is 29.4 Å². The lowest BCUT2D eigenvalue weighted by atomic mass is 10.1. The first-order chi connectivity index (χ1) is 14.6. The summed E-state index contributed by atoms with van der Waals surface area (Å²) in [6.45, 7) is 4.05. The van der Waals surface area contributed by atoms with Crippen molar-refractivity contribution in [3.63, 3.8) is 0 Å². The second-order valence-electron chi connectivity index (χ2n) is 6.96. The van der Waals surface area contributed by atoms with Gasteiger partial charge in [-0.25, -0.2) is 4.79 Å². The monoisotopic (exact) mass is 399 g/mol. The van der Waals surface area contributed by atoms with E-state index in [4.69, 9.17) is 4.52 Å². The van der Waals surface area contributed by atoms with Crippen LogP contribution >= 0.6 is 0 Å². The van der Waals surface area contributed by atoms with Crippen LogP contribution in [-0.2, 0) is 6.42 Å². The molecule has 0 spiro atoms. The van der Waals surface area contributed by atoms with Crippen molar-refractivity contribution in [2.75, 3.05) is 10.6 Å². The number of benzene rings is 2. The molecule has 0 saturated heterocycles. The SMILES string of the molecule is Cc1ccc(NC(=O)Nc2ccccc2Cc2nc(-c3ccncc3)no2)cc1C. The maximum absolute atomic E-state index is 12.5. The van der Waals surface area contributed by atoms with E-state index in [1.807, 2.05) is 68.4 Å². The molecule has 4 aromatic rings. The van der Waals surface area contributed by atoms with E-state index < -0.39 is 0 Å². The molecule has 0 radical (unpaired) electrons. The van der Waals surface area contributed by atoms with Crippen LogP contribution in [0, 0.1) is 13.8 Å². The molecule has 2 aromatic carbocycles. The third kappa shape index (κ3) is 4.52. The molecule has 0 bridgehead atoms. The Morgan fingerprint density at radius 2 is 1.77 bits per heavy atom. The number of carbonyl (C=O) groups excluding carboxylic acids is 1. The highest BCUT2D eigenvalue weighted by Crippen LogP contribution is 2.21. The predicted molar refractivity (Wildman–Crippen MR) is 115 cm³/mol. The fourth-order valence-corrected chi connectivity index (χ4v) is 3.01. The van der Waals surface area contributed by atoms with Crippen molar-refractivity contribution >= 4 is 17.4 Å². The van der Waals surface area contributed by atoms with Crippen molar-refractivity contribution in [2.45, 2.75) is 20.3 Å². The largest absolute Gasteiger partial charge is 0.339 e. The lowest BCUT2D eigenvalue weighted by molar-refractivity contribution is 0.262. The topological polar surface area (TPSA) is 92.9 Å². The molecule has 0 aliphatic carbocycles. The van der Waals surface area contributed by atoms with Gasteiger partial charge in [0, 0.05) is 29.3 Å². The first-order valence-electron chi connectivity index (χ1n) is 9.54. The molecule has 0 unspecified atom stereocenters. The van der Waals surface area contributed by atoms with E-state index in [2.05, 4.69) is 25.8 Å². The standard InChI is InChI=1S/C23H21N5O2/c1-15-7-8-19(13-16(15)2)25-23(29)26-20-6-4-3-5-18(20)14-21-27-22(28-30-21)17-9-11-24-12-10-17/h3-13H,14H2,1-2H3,(H2,25,26,29). The van der Waals surface area contributed by atoms with Gasteiger partial charge >= 0.3 is 6.03 Å². The maximum Gasteiger partial charge on any atom is 0.323 e. The van der Waals surface area contributed by atoms with Gasteiger partial charge in [-0.2, -0.15) is 4.98 Å². The minimum absolute atomic E-state index is 0.311. The van der Waals surface area contributed by atoms with Crippen LogP contribution in [0.2, 0.25) is 0 Å². The van der Waals surface area contributed by atoms with E-state index >= 15 is 0 Å². The molecule has 150 valence electrons. The number of aromatic nitrogens is 3. The zero-order valence-corrected chi connectivity index (χ0v) is 16.7. The minimum Gasteiger partial charge on any atom is -0.339 e. The number of carbonyl (C=O) groups is 1. The number of hydrogen-bond acceptors (Lipinski definition) is 5. The zero-order chi connectivity index (χ0) is 20.9. The van der Waals surface area contributed by atoms with E-state index in [-0.39, 0.29) is 6.03 Å². The van der Waals surface area contributed by atoms with Crippen molar-refractivity contribution in [2.24, 2.45) is 0 Å². The quantitative estimate of drug-likeness (QED) is 0.493. The van der Waals surface area contributed by atoms with Crippen LogP contribution < -0.4 is 10.6 Å². The Morgan fingerprint density at radius 3 is 2.57 bits per heavy atom. The number of aryl methyl sites for hydroxylation is 2. The molecular weight excluding hydrogens is 378 g/mol. The number of nitrogens with zero attached hydrogens (tertiary/aromatic N) is 3. The van der Waals surface area contributed by atoms with Crippen LogP contribution in [0.15, 0.2) is 71.5 Å². The van der Waals surface area contributed by atoms with Crippen LogP contribution in [0.25, 0.3) is 11.4 Å². The second kappa shape index (κ2) is 8.57. The van der Waals surface area contributed by atoms with Crippen LogP contribution in [-0.4, -0.2) is 21.2 Å². The van der Waals surface area contributed by atoms with E-state index in [0.29, 0.717) is 23.8 Å². The van der Waals surface area contributed by atoms with Gasteiger partial charge in [0.1, 0.15) is 0 Å². The van der Waals surface area contributed by atoms with Crippen LogP contribution in [0.4, 0.5) is 16.2 Å². The Bertz CT molecular complexity index is 1170. The molecule has 2 amide bonds. The summed E-state index contributed by atoms with van der Waals surface area (Å²) in [6.07, 6.45) is 3.76. The summed E-state index contributed by atoms with van der Waals surface area (Å²) < 4.78 is 5.39. The first kappa shape index (κ1) is 19.3. The summed E-state index contributed by atoms with van der Waals surface area (Å²) in [5.41, 5.74) is 5.43. The van der Waals surface area contributed by atoms with E-state index in [1.54, 1.807) is 12.4 Å². The normalized spacial score (nSPS) is 10.6. The third-order valence-electron chi connectivity index (χ3n) is 4.78. The van der Waals surface area contributed by atoms with Crippen molar-refractivity contribution < 1.29 is 9.32 Å². The molecule has 0 atom stereocenters. The Balaban J connectivity index is 1.47. The summed E-state index contributed by atoms with van der Waals surface area (Å²) in [6, 6.07) is 16.7. The molecule has 30 heavy (non-hydrogen) atoms. The summed E-state index contributed by atoms with van der Waals surface area (Å²) in [5.74, 6) is 0.968. The minimum atomic E-state index is -0.311. The molecule has 7 heteroatoms. The Labute approximate surface area is 174 Å². The van der Waals surface area contributed by atoms with Gasteiger partial charge < -0.3 is 15.2 Å². The Kier molecular flexibility index (Phi) is 5.52. The molecule has 7 nitrogen and oxygen atoms in total. The predicted octanol–water partition coefficient (Wildman–Crippen LogP) is 4.98. The Morgan fingerprint density at radius 1 is 0.967 bits per heavy atom. The number of urea groups is 1. The van der Waals surface area contributed by atoms with Gasteiger partial charge in [0.2, 0.25) is 11.7 Å². The van der Waals surface area contributed by atoms with Crippen LogP contribution in [0.1, 0.15) is 22.6 Å². The van der Waals surface area contributed by atoms with E-state index in [0.717, 1.165) is 22.4 Å². The van der Waals surface area contributed by atoms with Gasteiger partial charge in [-0.3, -0.25) is 4.98 Å². The number of rotatable bonds is 5. The van der Waals surface area contributed by atoms with Crippen LogP contribution in [0.3, 0.4) is 0 Å². The van der Waals surface area contributed by atoms with Crippen molar-refractivity contribution in [3.05, 3.63) is 89.6 Å².